The molecule has 0 amide bonds. The van der Waals surface area contributed by atoms with E-state index in [1.54, 1.807) is 0 Å². The summed E-state index contributed by atoms with van der Waals surface area (Å²) in [5.74, 6) is 0. The number of rotatable bonds is 1. The zero-order chi connectivity index (χ0) is 9.31. The van der Waals surface area contributed by atoms with E-state index in [2.05, 4.69) is 0 Å². The largest absolute Gasteiger partial charge is 0.632 e. The molecule has 0 saturated carbocycles. The van der Waals surface area contributed by atoms with Gasteiger partial charge in [-0.05, 0) is 32.1 Å². The highest BCUT2D eigenvalue weighted by Gasteiger charge is 2.40. The molecular formula is C10H19NO2. The number of nitrogens with zero attached hydrogens (tertiary/aromatic N) is 1. The van der Waals surface area contributed by atoms with Crippen molar-refractivity contribution in [2.75, 3.05) is 13.2 Å². The molecule has 3 heteroatoms. The van der Waals surface area contributed by atoms with Crippen LogP contribution in [-0.2, 0) is 0 Å². The van der Waals surface area contributed by atoms with Crippen molar-refractivity contribution in [1.82, 2.24) is 0 Å². The standard InChI is InChI=1S/C10H19NO2/c12-8-10-6-3-5-9-4-1-2-7-11(9,10)13/h9-10,12H,1-8H2/t9-,10+,11?/m1/s1. The molecule has 3 atom stereocenters. The van der Waals surface area contributed by atoms with Gasteiger partial charge in [-0.1, -0.05) is 0 Å². The second-order valence-electron chi connectivity index (χ2n) is 4.49. The Morgan fingerprint density at radius 2 is 1.92 bits per heavy atom. The first kappa shape index (κ1) is 9.44. The van der Waals surface area contributed by atoms with Crippen molar-refractivity contribution in [3.8, 4) is 0 Å². The maximum Gasteiger partial charge on any atom is 0.112 e. The first-order chi connectivity index (χ1) is 6.27. The lowest BCUT2D eigenvalue weighted by Crippen LogP contribution is -2.62. The van der Waals surface area contributed by atoms with Gasteiger partial charge >= 0.3 is 0 Å². The molecule has 0 bridgehead atoms. The second-order valence-corrected chi connectivity index (χ2v) is 4.49. The fraction of sp³-hybridized carbons (Fsp3) is 1.00. The Kier molecular flexibility index (Phi) is 2.58. The second kappa shape index (κ2) is 3.56. The molecule has 2 rings (SSSR count). The number of hydrogen-bond acceptors (Lipinski definition) is 2. The molecule has 1 N–H and O–H groups in total. The summed E-state index contributed by atoms with van der Waals surface area (Å²) in [5, 5.41) is 21.6. The van der Waals surface area contributed by atoms with Crippen molar-refractivity contribution in [1.29, 1.82) is 0 Å². The van der Waals surface area contributed by atoms with E-state index in [0.717, 1.165) is 38.6 Å². The predicted molar refractivity (Wildman–Crippen MR) is 50.9 cm³/mol. The van der Waals surface area contributed by atoms with E-state index >= 15 is 0 Å². The highest BCUT2D eigenvalue weighted by Crippen LogP contribution is 2.36. The lowest BCUT2D eigenvalue weighted by atomic mass is 9.88. The monoisotopic (exact) mass is 185 g/mol. The number of hydrogen-bond donors (Lipinski definition) is 1. The van der Waals surface area contributed by atoms with Gasteiger partial charge in [0.05, 0.1) is 19.2 Å². The summed E-state index contributed by atoms with van der Waals surface area (Å²) in [4.78, 5) is 0. The first-order valence-corrected chi connectivity index (χ1v) is 5.46. The molecule has 2 aliphatic rings. The van der Waals surface area contributed by atoms with Crippen LogP contribution < -0.4 is 0 Å². The molecular weight excluding hydrogens is 166 g/mol. The Hall–Kier alpha value is -0.120. The first-order valence-electron chi connectivity index (χ1n) is 5.46. The van der Waals surface area contributed by atoms with E-state index in [4.69, 9.17) is 0 Å². The Balaban J connectivity index is 2.14. The summed E-state index contributed by atoms with van der Waals surface area (Å²) in [5.41, 5.74) is 0. The number of aliphatic hydroxyl groups is 1. The van der Waals surface area contributed by atoms with Crippen LogP contribution in [0.25, 0.3) is 0 Å². The van der Waals surface area contributed by atoms with Crippen molar-refractivity contribution in [3.05, 3.63) is 5.21 Å². The Morgan fingerprint density at radius 3 is 2.69 bits per heavy atom. The van der Waals surface area contributed by atoms with Gasteiger partial charge in [0.25, 0.3) is 0 Å². The average Bonchev–Trinajstić information content (AvgIpc) is 2.16. The van der Waals surface area contributed by atoms with E-state index in [1.807, 2.05) is 0 Å². The smallest absolute Gasteiger partial charge is 0.112 e. The molecule has 0 spiro atoms. The van der Waals surface area contributed by atoms with Gasteiger partial charge in [-0.25, -0.2) is 0 Å². The number of piperidine rings is 2. The minimum Gasteiger partial charge on any atom is -0.632 e. The van der Waals surface area contributed by atoms with Gasteiger partial charge in [0.2, 0.25) is 0 Å². The Labute approximate surface area is 79.5 Å². The molecule has 13 heavy (non-hydrogen) atoms. The number of hydroxylamine groups is 3. The summed E-state index contributed by atoms with van der Waals surface area (Å²) in [6, 6.07) is 0.290. The van der Waals surface area contributed by atoms with Crippen molar-refractivity contribution >= 4 is 0 Å². The number of quaternary nitrogens is 1. The normalized spacial score (nSPS) is 45.7. The fourth-order valence-corrected chi connectivity index (χ4v) is 3.02. The molecule has 0 radical (unpaired) electrons. The van der Waals surface area contributed by atoms with Gasteiger partial charge in [0.15, 0.2) is 0 Å². The van der Waals surface area contributed by atoms with Crippen LogP contribution in [0.1, 0.15) is 38.5 Å². The molecule has 2 fully saturated rings. The third-order valence-electron chi connectivity index (χ3n) is 3.82. The predicted octanol–water partition coefficient (Wildman–Crippen LogP) is 1.40. The van der Waals surface area contributed by atoms with Gasteiger partial charge in [0, 0.05) is 6.42 Å². The third-order valence-corrected chi connectivity index (χ3v) is 3.82. The molecule has 2 heterocycles. The van der Waals surface area contributed by atoms with Gasteiger partial charge in [-0.3, -0.25) is 0 Å². The van der Waals surface area contributed by atoms with Gasteiger partial charge < -0.3 is 15.0 Å². The summed E-state index contributed by atoms with van der Waals surface area (Å²) >= 11 is 0. The van der Waals surface area contributed by atoms with Crippen LogP contribution >= 0.6 is 0 Å². The van der Waals surface area contributed by atoms with Crippen LogP contribution in [0.4, 0.5) is 0 Å². The van der Waals surface area contributed by atoms with Crippen LogP contribution in [-0.4, -0.2) is 35.0 Å². The highest BCUT2D eigenvalue weighted by molar-refractivity contribution is 4.77. The summed E-state index contributed by atoms with van der Waals surface area (Å²) in [6.07, 6.45) is 6.50. The molecule has 1 unspecified atom stereocenters. The highest BCUT2D eigenvalue weighted by atomic mass is 16.6. The van der Waals surface area contributed by atoms with E-state index in [9.17, 15) is 10.3 Å². The van der Waals surface area contributed by atoms with Crippen LogP contribution in [0.2, 0.25) is 0 Å². The van der Waals surface area contributed by atoms with E-state index < -0.39 is 0 Å². The average molecular weight is 185 g/mol. The lowest BCUT2D eigenvalue weighted by molar-refractivity contribution is -0.939. The molecule has 0 aliphatic carbocycles. The quantitative estimate of drug-likeness (QED) is 0.495. The van der Waals surface area contributed by atoms with Crippen LogP contribution in [0, 0.1) is 5.21 Å². The Morgan fingerprint density at radius 1 is 1.15 bits per heavy atom. The van der Waals surface area contributed by atoms with E-state index in [0.29, 0.717) is 6.04 Å². The molecule has 3 nitrogen and oxygen atoms in total. The third kappa shape index (κ3) is 1.49. The van der Waals surface area contributed by atoms with Gasteiger partial charge in [-0.2, -0.15) is 0 Å². The maximum atomic E-state index is 12.4. The summed E-state index contributed by atoms with van der Waals surface area (Å²) in [7, 11) is 0. The van der Waals surface area contributed by atoms with Crippen LogP contribution in [0.5, 0.6) is 0 Å². The lowest BCUT2D eigenvalue weighted by Gasteiger charge is -2.58. The fourth-order valence-electron chi connectivity index (χ4n) is 3.02. The van der Waals surface area contributed by atoms with Crippen molar-refractivity contribution in [2.24, 2.45) is 0 Å². The number of aliphatic hydroxyl groups excluding tert-OH is 1. The Bertz CT molecular complexity index is 175. The summed E-state index contributed by atoms with van der Waals surface area (Å²) in [6.45, 7) is 0.829. The number of fused-ring (bicyclic) bond motifs is 1. The van der Waals surface area contributed by atoms with Crippen LogP contribution in [0.3, 0.4) is 0 Å². The van der Waals surface area contributed by atoms with E-state index in [-0.39, 0.29) is 17.3 Å². The molecule has 0 aromatic heterocycles. The minimum atomic E-state index is -0.0729. The molecule has 0 aromatic carbocycles. The van der Waals surface area contributed by atoms with Crippen molar-refractivity contribution < 1.29 is 9.75 Å². The zero-order valence-corrected chi connectivity index (χ0v) is 8.11. The molecule has 2 saturated heterocycles. The van der Waals surface area contributed by atoms with Crippen LogP contribution in [0.15, 0.2) is 0 Å². The molecule has 0 aromatic rings. The SMILES string of the molecule is [O-][N+]12CCCC[C@@H]1CCC[C@H]2CO. The maximum absolute atomic E-state index is 12.4. The van der Waals surface area contributed by atoms with Crippen molar-refractivity contribution in [2.45, 2.75) is 50.6 Å². The molecule has 2 aliphatic heterocycles. The van der Waals surface area contributed by atoms with Crippen molar-refractivity contribution in [3.63, 3.8) is 0 Å². The molecule has 76 valence electrons. The van der Waals surface area contributed by atoms with E-state index in [1.165, 1.54) is 6.42 Å². The zero-order valence-electron chi connectivity index (χ0n) is 8.11. The summed E-state index contributed by atoms with van der Waals surface area (Å²) < 4.78 is -0.0729. The van der Waals surface area contributed by atoms with Gasteiger partial charge in [0.1, 0.15) is 6.04 Å². The minimum absolute atomic E-state index is 0.0148. The van der Waals surface area contributed by atoms with Gasteiger partial charge in [-0.15, -0.1) is 0 Å². The topological polar surface area (TPSA) is 43.3 Å².